The number of nitrogens with zero attached hydrogens (tertiary/aromatic N) is 3. The summed E-state index contributed by atoms with van der Waals surface area (Å²) < 4.78 is 5.58. The van der Waals surface area contributed by atoms with E-state index in [1.807, 2.05) is 31.2 Å². The molecule has 0 bridgehead atoms. The van der Waals surface area contributed by atoms with Crippen molar-refractivity contribution in [3.63, 3.8) is 0 Å². The Morgan fingerprint density at radius 3 is 2.95 bits per heavy atom. The first-order valence-electron chi connectivity index (χ1n) is 6.19. The van der Waals surface area contributed by atoms with Crippen molar-refractivity contribution in [2.45, 2.75) is 6.92 Å². The van der Waals surface area contributed by atoms with E-state index in [0.29, 0.717) is 13.2 Å². The van der Waals surface area contributed by atoms with Gasteiger partial charge in [0.2, 0.25) is 11.8 Å². The van der Waals surface area contributed by atoms with Crippen molar-refractivity contribution in [2.24, 2.45) is 0 Å². The number of aryl methyl sites for hydroxylation is 1. The number of aromatic amines is 1. The van der Waals surface area contributed by atoms with Crippen molar-refractivity contribution in [3.05, 3.63) is 35.7 Å². The SMILES string of the molecule is Cc1cccc(OCCN(C)C(=O)c2nc(N)n[nH]2)c1. The Bertz CT molecular complexity index is 596. The number of ether oxygens (including phenoxy) is 1. The summed E-state index contributed by atoms with van der Waals surface area (Å²) in [6, 6.07) is 7.75. The van der Waals surface area contributed by atoms with Crippen LogP contribution in [0.3, 0.4) is 0 Å². The van der Waals surface area contributed by atoms with Crippen molar-refractivity contribution in [1.29, 1.82) is 0 Å². The molecule has 2 aromatic rings. The highest BCUT2D eigenvalue weighted by molar-refractivity contribution is 5.90. The molecule has 0 aliphatic heterocycles. The van der Waals surface area contributed by atoms with Gasteiger partial charge in [0.1, 0.15) is 12.4 Å². The van der Waals surface area contributed by atoms with E-state index in [9.17, 15) is 4.79 Å². The monoisotopic (exact) mass is 275 g/mol. The normalized spacial score (nSPS) is 10.3. The smallest absolute Gasteiger partial charge is 0.291 e. The molecule has 1 amide bonds. The van der Waals surface area contributed by atoms with Gasteiger partial charge in [-0.05, 0) is 24.6 Å². The van der Waals surface area contributed by atoms with Crippen LogP contribution < -0.4 is 10.5 Å². The molecule has 1 heterocycles. The number of nitrogens with two attached hydrogens (primary N) is 1. The summed E-state index contributed by atoms with van der Waals surface area (Å²) in [5, 5.41) is 6.10. The number of benzene rings is 1. The molecule has 106 valence electrons. The molecule has 0 aliphatic rings. The number of carbonyl (C=O) groups excluding carboxylic acids is 1. The second kappa shape index (κ2) is 6.05. The first-order valence-corrected chi connectivity index (χ1v) is 6.19. The molecule has 2 rings (SSSR count). The zero-order valence-electron chi connectivity index (χ0n) is 11.5. The molecular formula is C13H17N5O2. The Balaban J connectivity index is 1.83. The molecule has 7 nitrogen and oxygen atoms in total. The van der Waals surface area contributed by atoms with Gasteiger partial charge in [-0.2, -0.15) is 4.98 Å². The number of nitrogens with one attached hydrogen (secondary N) is 1. The molecule has 0 radical (unpaired) electrons. The van der Waals surface area contributed by atoms with Crippen LogP contribution in [0.25, 0.3) is 0 Å². The molecule has 3 N–H and O–H groups in total. The second-order valence-electron chi connectivity index (χ2n) is 4.43. The maximum absolute atomic E-state index is 11.9. The third kappa shape index (κ3) is 3.47. The third-order valence-electron chi connectivity index (χ3n) is 2.74. The highest BCUT2D eigenvalue weighted by Crippen LogP contribution is 2.12. The molecule has 1 aromatic carbocycles. The third-order valence-corrected chi connectivity index (χ3v) is 2.74. The fraction of sp³-hybridized carbons (Fsp3) is 0.308. The van der Waals surface area contributed by atoms with Crippen LogP contribution in [0.4, 0.5) is 5.95 Å². The Labute approximate surface area is 116 Å². The van der Waals surface area contributed by atoms with Crippen LogP contribution in [0.5, 0.6) is 5.75 Å². The minimum absolute atomic E-state index is 0.0535. The zero-order chi connectivity index (χ0) is 14.5. The number of hydrogen-bond acceptors (Lipinski definition) is 5. The first-order chi connectivity index (χ1) is 9.56. The Hall–Kier alpha value is -2.57. The van der Waals surface area contributed by atoms with Crippen LogP contribution in [0.1, 0.15) is 16.2 Å². The maximum Gasteiger partial charge on any atom is 0.291 e. The van der Waals surface area contributed by atoms with Crippen LogP contribution in [-0.4, -0.2) is 46.2 Å². The maximum atomic E-state index is 11.9. The number of H-pyrrole nitrogens is 1. The summed E-state index contributed by atoms with van der Waals surface area (Å²) in [6.45, 7) is 2.83. The van der Waals surface area contributed by atoms with Crippen molar-refractivity contribution in [3.8, 4) is 5.75 Å². The number of anilines is 1. The lowest BCUT2D eigenvalue weighted by atomic mass is 10.2. The number of aromatic nitrogens is 3. The zero-order valence-corrected chi connectivity index (χ0v) is 11.5. The number of carbonyl (C=O) groups is 1. The van der Waals surface area contributed by atoms with Gasteiger partial charge in [-0.3, -0.25) is 9.89 Å². The fourth-order valence-electron chi connectivity index (χ4n) is 1.66. The molecule has 0 atom stereocenters. The lowest BCUT2D eigenvalue weighted by Gasteiger charge is -2.16. The van der Waals surface area contributed by atoms with E-state index in [1.165, 1.54) is 4.90 Å². The van der Waals surface area contributed by atoms with Crippen LogP contribution in [0.2, 0.25) is 0 Å². The molecule has 0 fully saturated rings. The topological polar surface area (TPSA) is 97.1 Å². The number of nitrogen functional groups attached to an aromatic ring is 1. The van der Waals surface area contributed by atoms with Crippen LogP contribution >= 0.6 is 0 Å². The average Bonchev–Trinajstić information content (AvgIpc) is 2.84. The highest BCUT2D eigenvalue weighted by atomic mass is 16.5. The summed E-state index contributed by atoms with van der Waals surface area (Å²) in [6.07, 6.45) is 0. The minimum Gasteiger partial charge on any atom is -0.492 e. The number of rotatable bonds is 5. The predicted molar refractivity (Wildman–Crippen MR) is 74.4 cm³/mol. The summed E-state index contributed by atoms with van der Waals surface area (Å²) in [4.78, 5) is 17.2. The summed E-state index contributed by atoms with van der Waals surface area (Å²) in [7, 11) is 1.67. The molecule has 1 aromatic heterocycles. The number of likely N-dealkylation sites (N-methyl/N-ethyl adjacent to an activating group) is 1. The van der Waals surface area contributed by atoms with Crippen molar-refractivity contribution >= 4 is 11.9 Å². The second-order valence-corrected chi connectivity index (χ2v) is 4.43. The van der Waals surface area contributed by atoms with Crippen molar-refractivity contribution in [1.82, 2.24) is 20.1 Å². The molecular weight excluding hydrogens is 258 g/mol. The van der Waals surface area contributed by atoms with Crippen LogP contribution in [-0.2, 0) is 0 Å². The molecule has 0 saturated heterocycles. The molecule has 20 heavy (non-hydrogen) atoms. The van der Waals surface area contributed by atoms with Gasteiger partial charge in [0.05, 0.1) is 6.54 Å². The van der Waals surface area contributed by atoms with Crippen molar-refractivity contribution in [2.75, 3.05) is 25.9 Å². The van der Waals surface area contributed by atoms with E-state index in [-0.39, 0.29) is 17.7 Å². The highest BCUT2D eigenvalue weighted by Gasteiger charge is 2.15. The number of hydrogen-bond donors (Lipinski definition) is 2. The molecule has 0 unspecified atom stereocenters. The minimum atomic E-state index is -0.276. The van der Waals surface area contributed by atoms with E-state index in [4.69, 9.17) is 10.5 Å². The average molecular weight is 275 g/mol. The summed E-state index contributed by atoms with van der Waals surface area (Å²) >= 11 is 0. The lowest BCUT2D eigenvalue weighted by Crippen LogP contribution is -2.31. The quantitative estimate of drug-likeness (QED) is 0.843. The Morgan fingerprint density at radius 2 is 2.30 bits per heavy atom. The van der Waals surface area contributed by atoms with Crippen molar-refractivity contribution < 1.29 is 9.53 Å². The fourth-order valence-corrected chi connectivity index (χ4v) is 1.66. The largest absolute Gasteiger partial charge is 0.492 e. The van der Waals surface area contributed by atoms with E-state index < -0.39 is 0 Å². The van der Waals surface area contributed by atoms with Gasteiger partial charge in [0, 0.05) is 7.05 Å². The van der Waals surface area contributed by atoms with Gasteiger partial charge in [-0.15, -0.1) is 5.10 Å². The Kier molecular flexibility index (Phi) is 4.19. The molecule has 7 heteroatoms. The van der Waals surface area contributed by atoms with E-state index in [1.54, 1.807) is 7.05 Å². The van der Waals surface area contributed by atoms with E-state index in [2.05, 4.69) is 15.2 Å². The summed E-state index contributed by atoms with van der Waals surface area (Å²) in [5.41, 5.74) is 6.49. The summed E-state index contributed by atoms with van der Waals surface area (Å²) in [5.74, 6) is 0.690. The van der Waals surface area contributed by atoms with Gasteiger partial charge in [-0.25, -0.2) is 0 Å². The number of amides is 1. The first kappa shape index (κ1) is 13.9. The van der Waals surface area contributed by atoms with Crippen LogP contribution in [0.15, 0.2) is 24.3 Å². The van der Waals surface area contributed by atoms with Gasteiger partial charge in [0.15, 0.2) is 0 Å². The van der Waals surface area contributed by atoms with Gasteiger partial charge in [0.25, 0.3) is 5.91 Å². The lowest BCUT2D eigenvalue weighted by molar-refractivity contribution is 0.0762. The predicted octanol–water partition coefficient (Wildman–Crippen LogP) is 0.846. The van der Waals surface area contributed by atoms with Gasteiger partial charge < -0.3 is 15.4 Å². The molecule has 0 saturated carbocycles. The standard InChI is InChI=1S/C13H17N5O2/c1-9-4-3-5-10(8-9)20-7-6-18(2)12(19)11-15-13(14)17-16-11/h3-5,8H,6-7H2,1-2H3,(H3,14,15,16,17). The van der Waals surface area contributed by atoms with Gasteiger partial charge in [-0.1, -0.05) is 12.1 Å². The van der Waals surface area contributed by atoms with E-state index >= 15 is 0 Å². The van der Waals surface area contributed by atoms with Crippen LogP contribution in [0, 0.1) is 6.92 Å². The van der Waals surface area contributed by atoms with Gasteiger partial charge >= 0.3 is 0 Å². The molecule has 0 spiro atoms. The Morgan fingerprint density at radius 1 is 1.50 bits per heavy atom. The van der Waals surface area contributed by atoms with E-state index in [0.717, 1.165) is 11.3 Å². The molecule has 0 aliphatic carbocycles.